The molecule has 1 unspecified atom stereocenters. The molecule has 1 aromatic heterocycles. The van der Waals surface area contributed by atoms with Crippen molar-refractivity contribution in [2.75, 3.05) is 25.0 Å². The maximum atomic E-state index is 11.6. The van der Waals surface area contributed by atoms with Gasteiger partial charge in [0.2, 0.25) is 0 Å². The molecule has 3 rings (SSSR count). The lowest BCUT2D eigenvalue weighted by Gasteiger charge is -2.15. The molecule has 26 heavy (non-hydrogen) atoms. The summed E-state index contributed by atoms with van der Waals surface area (Å²) in [5, 5.41) is 6.19. The second kappa shape index (κ2) is 8.31. The summed E-state index contributed by atoms with van der Waals surface area (Å²) in [5.41, 5.74) is 12.9. The summed E-state index contributed by atoms with van der Waals surface area (Å²) in [6.45, 7) is 2.64. The monoisotopic (exact) mass is 374 g/mol. The summed E-state index contributed by atoms with van der Waals surface area (Å²) in [4.78, 5) is 23.5. The Balaban J connectivity index is 1.75. The smallest absolute Gasteiger partial charge is 0.317 e. The molecule has 1 saturated heterocycles. The van der Waals surface area contributed by atoms with Crippen LogP contribution in [0.4, 0.5) is 9.80 Å². The van der Waals surface area contributed by atoms with Crippen molar-refractivity contribution < 1.29 is 14.3 Å². The van der Waals surface area contributed by atoms with E-state index in [-0.39, 0.29) is 11.7 Å². The van der Waals surface area contributed by atoms with Crippen molar-refractivity contribution >= 4 is 28.3 Å². The number of nitrogens with two attached hydrogens (primary N) is 2. The number of benzene rings is 1. The van der Waals surface area contributed by atoms with Crippen LogP contribution in [0.15, 0.2) is 30.3 Å². The first-order valence-corrected chi connectivity index (χ1v) is 9.26. The lowest BCUT2D eigenvalue weighted by molar-refractivity contribution is 0.0675. The zero-order valence-corrected chi connectivity index (χ0v) is 15.1. The number of nitrogens with one attached hydrogen (secondary N) is 2. The van der Waals surface area contributed by atoms with Gasteiger partial charge in [0.05, 0.1) is 11.7 Å². The van der Waals surface area contributed by atoms with Gasteiger partial charge >= 0.3 is 6.03 Å². The van der Waals surface area contributed by atoms with Crippen molar-refractivity contribution in [2.24, 2.45) is 11.5 Å². The molecular formula is C18H22N4O3S. The van der Waals surface area contributed by atoms with Gasteiger partial charge in [-0.15, -0.1) is 11.3 Å². The number of amides is 3. The standard InChI is InChI=1S/C18H22N4O3S/c19-16(23)14-9-15(26-17(14)22-18(20)24)12-4-2-11(3-5-12)8-13-10-21-6-1-7-25-13/h2-5,9,13,21H,1,6-8,10H2,(H2,19,23)(H3,20,22,24). The Morgan fingerprint density at radius 2 is 2.04 bits per heavy atom. The van der Waals surface area contributed by atoms with E-state index < -0.39 is 11.9 Å². The summed E-state index contributed by atoms with van der Waals surface area (Å²) in [6, 6.07) is 9.02. The highest BCUT2D eigenvalue weighted by molar-refractivity contribution is 7.20. The third-order valence-electron chi connectivity index (χ3n) is 4.16. The number of hydrogen-bond acceptors (Lipinski definition) is 5. The molecular weight excluding hydrogens is 352 g/mol. The SMILES string of the molecule is NC(=O)Nc1sc(-c2ccc(CC3CNCCCO3)cc2)cc1C(N)=O. The average Bonchev–Trinajstić information content (AvgIpc) is 2.84. The first kappa shape index (κ1) is 18.4. The Labute approximate surface area is 155 Å². The first-order chi connectivity index (χ1) is 12.5. The van der Waals surface area contributed by atoms with Gasteiger partial charge in [0, 0.05) is 18.0 Å². The highest BCUT2D eigenvalue weighted by Crippen LogP contribution is 2.35. The molecule has 3 amide bonds. The molecule has 2 aromatic rings. The van der Waals surface area contributed by atoms with Crippen LogP contribution < -0.4 is 22.1 Å². The molecule has 2 heterocycles. The highest BCUT2D eigenvalue weighted by atomic mass is 32.1. The Hall–Kier alpha value is -2.42. The molecule has 6 N–H and O–H groups in total. The van der Waals surface area contributed by atoms with E-state index in [1.54, 1.807) is 6.07 Å². The maximum absolute atomic E-state index is 11.6. The molecule has 0 saturated carbocycles. The predicted molar refractivity (Wildman–Crippen MR) is 102 cm³/mol. The van der Waals surface area contributed by atoms with Gasteiger partial charge in [0.15, 0.2) is 0 Å². The summed E-state index contributed by atoms with van der Waals surface area (Å²) in [6.07, 6.45) is 2.06. The van der Waals surface area contributed by atoms with Crippen LogP contribution in [0, 0.1) is 0 Å². The minimum absolute atomic E-state index is 0.179. The fourth-order valence-corrected chi connectivity index (χ4v) is 3.96. The zero-order chi connectivity index (χ0) is 18.5. The number of thiophene rings is 1. The van der Waals surface area contributed by atoms with Crippen LogP contribution in [-0.2, 0) is 11.2 Å². The minimum Gasteiger partial charge on any atom is -0.377 e. The molecule has 138 valence electrons. The Bertz CT molecular complexity index is 780. The molecule has 7 nitrogen and oxygen atoms in total. The van der Waals surface area contributed by atoms with Crippen LogP contribution in [0.25, 0.3) is 10.4 Å². The fraction of sp³-hybridized carbons (Fsp3) is 0.333. The summed E-state index contributed by atoms with van der Waals surface area (Å²) >= 11 is 1.27. The molecule has 0 bridgehead atoms. The van der Waals surface area contributed by atoms with E-state index in [4.69, 9.17) is 16.2 Å². The van der Waals surface area contributed by atoms with Gasteiger partial charge in [0.25, 0.3) is 5.91 Å². The van der Waals surface area contributed by atoms with Crippen molar-refractivity contribution in [1.29, 1.82) is 0 Å². The van der Waals surface area contributed by atoms with Crippen molar-refractivity contribution in [3.63, 3.8) is 0 Å². The molecule has 1 aliphatic heterocycles. The minimum atomic E-state index is -0.728. The largest absolute Gasteiger partial charge is 0.377 e. The van der Waals surface area contributed by atoms with Crippen LogP contribution in [0.2, 0.25) is 0 Å². The lowest BCUT2D eigenvalue weighted by atomic mass is 10.0. The van der Waals surface area contributed by atoms with E-state index >= 15 is 0 Å². The predicted octanol–water partition coefficient (Wildman–Crippen LogP) is 1.93. The van der Waals surface area contributed by atoms with Crippen LogP contribution in [0.5, 0.6) is 0 Å². The number of ether oxygens (including phenoxy) is 1. The highest BCUT2D eigenvalue weighted by Gasteiger charge is 2.17. The van der Waals surface area contributed by atoms with E-state index in [0.717, 1.165) is 43.0 Å². The third-order valence-corrected chi connectivity index (χ3v) is 5.26. The van der Waals surface area contributed by atoms with Gasteiger partial charge in [-0.1, -0.05) is 24.3 Å². The van der Waals surface area contributed by atoms with Crippen LogP contribution >= 0.6 is 11.3 Å². The van der Waals surface area contributed by atoms with Gasteiger partial charge in [-0.3, -0.25) is 10.1 Å². The normalized spacial score (nSPS) is 17.5. The Morgan fingerprint density at radius 3 is 2.73 bits per heavy atom. The number of carbonyl (C=O) groups excluding carboxylic acids is 2. The molecule has 1 atom stereocenters. The van der Waals surface area contributed by atoms with Crippen molar-refractivity contribution in [2.45, 2.75) is 18.9 Å². The Kier molecular flexibility index (Phi) is 5.87. The molecule has 0 aliphatic carbocycles. The topological polar surface area (TPSA) is 119 Å². The molecule has 8 heteroatoms. The van der Waals surface area contributed by atoms with E-state index in [0.29, 0.717) is 5.00 Å². The molecule has 1 aliphatic rings. The van der Waals surface area contributed by atoms with Gasteiger partial charge in [-0.25, -0.2) is 4.79 Å². The zero-order valence-electron chi connectivity index (χ0n) is 14.3. The van der Waals surface area contributed by atoms with Gasteiger partial charge in [-0.2, -0.15) is 0 Å². The van der Waals surface area contributed by atoms with E-state index in [2.05, 4.69) is 22.8 Å². The van der Waals surface area contributed by atoms with E-state index in [1.807, 2.05) is 12.1 Å². The van der Waals surface area contributed by atoms with Crippen molar-refractivity contribution in [1.82, 2.24) is 5.32 Å². The van der Waals surface area contributed by atoms with Gasteiger partial charge < -0.3 is 21.5 Å². The third kappa shape index (κ3) is 4.60. The number of anilines is 1. The second-order valence-corrected chi connectivity index (χ2v) is 7.21. The van der Waals surface area contributed by atoms with E-state index in [1.165, 1.54) is 16.9 Å². The Morgan fingerprint density at radius 1 is 1.27 bits per heavy atom. The van der Waals surface area contributed by atoms with Crippen molar-refractivity contribution in [3.8, 4) is 10.4 Å². The first-order valence-electron chi connectivity index (χ1n) is 8.44. The lowest BCUT2D eigenvalue weighted by Crippen LogP contribution is -2.27. The molecule has 1 aromatic carbocycles. The van der Waals surface area contributed by atoms with Gasteiger partial charge in [0.1, 0.15) is 5.00 Å². The van der Waals surface area contributed by atoms with Crippen LogP contribution in [0.1, 0.15) is 22.3 Å². The maximum Gasteiger partial charge on any atom is 0.317 e. The number of carbonyl (C=O) groups is 2. The van der Waals surface area contributed by atoms with Crippen LogP contribution in [0.3, 0.4) is 0 Å². The van der Waals surface area contributed by atoms with E-state index in [9.17, 15) is 9.59 Å². The van der Waals surface area contributed by atoms with Crippen molar-refractivity contribution in [3.05, 3.63) is 41.5 Å². The van der Waals surface area contributed by atoms with Gasteiger partial charge in [-0.05, 0) is 36.6 Å². The number of hydrogen-bond donors (Lipinski definition) is 4. The number of urea groups is 1. The van der Waals surface area contributed by atoms with Crippen LogP contribution in [-0.4, -0.2) is 37.7 Å². The second-order valence-electron chi connectivity index (χ2n) is 6.16. The fourth-order valence-electron chi connectivity index (χ4n) is 2.89. The average molecular weight is 374 g/mol. The summed E-state index contributed by atoms with van der Waals surface area (Å²) in [5.74, 6) is -0.606. The number of primary amides is 2. The molecule has 0 spiro atoms. The number of rotatable bonds is 5. The molecule has 0 radical (unpaired) electrons. The molecule has 1 fully saturated rings. The quantitative estimate of drug-likeness (QED) is 0.639. The summed E-state index contributed by atoms with van der Waals surface area (Å²) < 4.78 is 5.84. The summed E-state index contributed by atoms with van der Waals surface area (Å²) in [7, 11) is 0.